The number of carbonyl (C=O) groups excluding carboxylic acids is 2. The second kappa shape index (κ2) is 9.25. The van der Waals surface area contributed by atoms with Gasteiger partial charge in [0.2, 0.25) is 11.8 Å². The number of hydrogen-bond donors (Lipinski definition) is 1. The van der Waals surface area contributed by atoms with Gasteiger partial charge in [-0.3, -0.25) is 9.59 Å². The molecule has 1 aliphatic carbocycles. The van der Waals surface area contributed by atoms with Crippen LogP contribution in [0.25, 0.3) is 0 Å². The Labute approximate surface area is 162 Å². The number of nitrogens with zero attached hydrogens (tertiary/aromatic N) is 1. The van der Waals surface area contributed by atoms with Crippen LogP contribution < -0.4 is 10.1 Å². The third-order valence-electron chi connectivity index (χ3n) is 5.73. The van der Waals surface area contributed by atoms with E-state index >= 15 is 0 Å². The van der Waals surface area contributed by atoms with Crippen LogP contribution in [0.5, 0.6) is 5.75 Å². The first-order valence-electron chi connectivity index (χ1n) is 10.4. The predicted molar refractivity (Wildman–Crippen MR) is 107 cm³/mol. The summed E-state index contributed by atoms with van der Waals surface area (Å²) in [6, 6.07) is 6.19. The lowest BCUT2D eigenvalue weighted by atomic mass is 9.93. The summed E-state index contributed by atoms with van der Waals surface area (Å²) >= 11 is 0. The summed E-state index contributed by atoms with van der Waals surface area (Å²) < 4.78 is 6.04. The van der Waals surface area contributed by atoms with E-state index in [2.05, 4.69) is 24.1 Å². The Balaban J connectivity index is 1.53. The van der Waals surface area contributed by atoms with Crippen LogP contribution in [0.3, 0.4) is 0 Å². The van der Waals surface area contributed by atoms with E-state index in [1.807, 2.05) is 18.2 Å². The molecule has 2 aliphatic rings. The predicted octanol–water partition coefficient (Wildman–Crippen LogP) is 4.16. The van der Waals surface area contributed by atoms with Gasteiger partial charge in [0.05, 0.1) is 6.61 Å². The molecule has 1 aromatic rings. The van der Waals surface area contributed by atoms with Crippen LogP contribution in [-0.4, -0.2) is 35.9 Å². The number of benzene rings is 1. The minimum absolute atomic E-state index is 0.0565. The zero-order valence-electron chi connectivity index (χ0n) is 16.6. The van der Waals surface area contributed by atoms with E-state index in [0.717, 1.165) is 36.4 Å². The van der Waals surface area contributed by atoms with Crippen molar-refractivity contribution < 1.29 is 14.3 Å². The van der Waals surface area contributed by atoms with Gasteiger partial charge in [-0.2, -0.15) is 0 Å². The topological polar surface area (TPSA) is 58.6 Å². The Morgan fingerprint density at radius 1 is 1.26 bits per heavy atom. The summed E-state index contributed by atoms with van der Waals surface area (Å²) in [5, 5.41) is 2.90. The van der Waals surface area contributed by atoms with Gasteiger partial charge in [-0.05, 0) is 44.2 Å². The molecule has 1 saturated carbocycles. The maximum atomic E-state index is 12.8. The van der Waals surface area contributed by atoms with Crippen LogP contribution in [0.2, 0.25) is 0 Å². The molecule has 1 N–H and O–H groups in total. The summed E-state index contributed by atoms with van der Waals surface area (Å²) in [5.74, 6) is 1.29. The second-order valence-corrected chi connectivity index (χ2v) is 7.92. The fraction of sp³-hybridized carbons (Fsp3) is 0.636. The summed E-state index contributed by atoms with van der Waals surface area (Å²) in [5.41, 5.74) is 1.91. The first kappa shape index (κ1) is 19.7. The van der Waals surface area contributed by atoms with Crippen molar-refractivity contribution in [3.05, 3.63) is 23.8 Å². The maximum Gasteiger partial charge on any atom is 0.224 e. The van der Waals surface area contributed by atoms with E-state index in [9.17, 15) is 9.59 Å². The molecule has 0 bridgehead atoms. The largest absolute Gasteiger partial charge is 0.493 e. The Bertz CT molecular complexity index is 668. The van der Waals surface area contributed by atoms with Gasteiger partial charge in [0.25, 0.3) is 0 Å². The van der Waals surface area contributed by atoms with Crippen LogP contribution in [-0.2, 0) is 16.0 Å². The number of carbonyl (C=O) groups is 2. The maximum absolute atomic E-state index is 12.8. The van der Waals surface area contributed by atoms with Gasteiger partial charge in [0.1, 0.15) is 5.75 Å². The summed E-state index contributed by atoms with van der Waals surface area (Å²) in [7, 11) is 0. The number of fused-ring (bicyclic) bond motifs is 1. The molecule has 27 heavy (non-hydrogen) atoms. The lowest BCUT2D eigenvalue weighted by molar-refractivity contribution is -0.135. The van der Waals surface area contributed by atoms with Crippen LogP contribution in [0.4, 0.5) is 5.69 Å². The van der Waals surface area contributed by atoms with Crippen molar-refractivity contribution in [3.63, 3.8) is 0 Å². The molecule has 1 aromatic carbocycles. The van der Waals surface area contributed by atoms with Crippen molar-refractivity contribution in [1.29, 1.82) is 0 Å². The number of ether oxygens (including phenoxy) is 1. The Morgan fingerprint density at radius 2 is 2.04 bits per heavy atom. The van der Waals surface area contributed by atoms with Crippen molar-refractivity contribution in [2.45, 2.75) is 71.3 Å². The van der Waals surface area contributed by atoms with Crippen molar-refractivity contribution in [1.82, 2.24) is 4.90 Å². The number of anilines is 1. The zero-order chi connectivity index (χ0) is 19.2. The molecule has 148 valence electrons. The highest BCUT2D eigenvalue weighted by molar-refractivity contribution is 5.94. The van der Waals surface area contributed by atoms with Crippen molar-refractivity contribution in [2.24, 2.45) is 5.92 Å². The van der Waals surface area contributed by atoms with E-state index in [1.165, 1.54) is 19.3 Å². The SMILES string of the molecule is CCN(C(=O)CC(C)COc1cccc2c1CCC(=O)N2)C1CCCCC1. The van der Waals surface area contributed by atoms with E-state index < -0.39 is 0 Å². The van der Waals surface area contributed by atoms with E-state index in [1.54, 1.807) is 0 Å². The van der Waals surface area contributed by atoms with Crippen molar-refractivity contribution >= 4 is 17.5 Å². The molecule has 1 fully saturated rings. The molecular weight excluding hydrogens is 340 g/mol. The summed E-state index contributed by atoms with van der Waals surface area (Å²) in [6.07, 6.45) is 7.79. The van der Waals surface area contributed by atoms with E-state index in [-0.39, 0.29) is 17.7 Å². The quantitative estimate of drug-likeness (QED) is 0.782. The second-order valence-electron chi connectivity index (χ2n) is 7.92. The smallest absolute Gasteiger partial charge is 0.224 e. The van der Waals surface area contributed by atoms with Gasteiger partial charge in [-0.15, -0.1) is 0 Å². The molecular formula is C22H32N2O3. The fourth-order valence-corrected chi connectivity index (χ4v) is 4.26. The van der Waals surface area contributed by atoms with Gasteiger partial charge < -0.3 is 15.0 Å². The molecule has 3 rings (SSSR count). The highest BCUT2D eigenvalue weighted by Crippen LogP contribution is 2.31. The van der Waals surface area contributed by atoms with Gasteiger partial charge in [-0.25, -0.2) is 0 Å². The molecule has 1 unspecified atom stereocenters. The monoisotopic (exact) mass is 372 g/mol. The van der Waals surface area contributed by atoms with Gasteiger partial charge in [0, 0.05) is 36.7 Å². The van der Waals surface area contributed by atoms with Gasteiger partial charge in [-0.1, -0.05) is 32.3 Å². The van der Waals surface area contributed by atoms with Crippen LogP contribution in [0.1, 0.15) is 64.4 Å². The van der Waals surface area contributed by atoms with Crippen LogP contribution >= 0.6 is 0 Å². The van der Waals surface area contributed by atoms with Crippen molar-refractivity contribution in [3.8, 4) is 5.75 Å². The third-order valence-corrected chi connectivity index (χ3v) is 5.73. The van der Waals surface area contributed by atoms with Crippen LogP contribution in [0, 0.1) is 5.92 Å². The number of hydrogen-bond acceptors (Lipinski definition) is 3. The van der Waals surface area contributed by atoms with Crippen LogP contribution in [0.15, 0.2) is 18.2 Å². The summed E-state index contributed by atoms with van der Waals surface area (Å²) in [6.45, 7) is 5.46. The molecule has 1 atom stereocenters. The first-order chi connectivity index (χ1) is 13.1. The molecule has 2 amide bonds. The lowest BCUT2D eigenvalue weighted by Crippen LogP contribution is -2.42. The Hall–Kier alpha value is -2.04. The minimum Gasteiger partial charge on any atom is -0.493 e. The van der Waals surface area contributed by atoms with E-state index in [0.29, 0.717) is 31.9 Å². The molecule has 0 radical (unpaired) electrons. The molecule has 5 heteroatoms. The fourth-order valence-electron chi connectivity index (χ4n) is 4.26. The normalized spacial score (nSPS) is 18.4. The molecule has 0 spiro atoms. The number of nitrogens with one attached hydrogen (secondary N) is 1. The summed E-state index contributed by atoms with van der Waals surface area (Å²) in [4.78, 5) is 26.4. The molecule has 1 aliphatic heterocycles. The highest BCUT2D eigenvalue weighted by atomic mass is 16.5. The number of amides is 2. The molecule has 1 heterocycles. The van der Waals surface area contributed by atoms with Gasteiger partial charge >= 0.3 is 0 Å². The first-order valence-corrected chi connectivity index (χ1v) is 10.4. The van der Waals surface area contributed by atoms with Gasteiger partial charge in [0.15, 0.2) is 0 Å². The average Bonchev–Trinajstić information content (AvgIpc) is 2.67. The zero-order valence-corrected chi connectivity index (χ0v) is 16.6. The Morgan fingerprint density at radius 3 is 2.78 bits per heavy atom. The Kier molecular flexibility index (Phi) is 6.75. The standard InChI is InChI=1S/C22H32N2O3/c1-3-24(17-8-5-4-6-9-17)22(26)14-16(2)15-27-20-11-7-10-19-18(20)12-13-21(25)23-19/h7,10-11,16-17H,3-6,8-9,12-15H2,1-2H3,(H,23,25). The molecule has 0 aromatic heterocycles. The number of rotatable bonds is 7. The molecule has 0 saturated heterocycles. The lowest BCUT2D eigenvalue weighted by Gasteiger charge is -2.34. The average molecular weight is 373 g/mol. The van der Waals surface area contributed by atoms with Crippen molar-refractivity contribution in [2.75, 3.05) is 18.5 Å². The van der Waals surface area contributed by atoms with E-state index in [4.69, 9.17) is 4.74 Å². The third kappa shape index (κ3) is 5.02. The molecule has 5 nitrogen and oxygen atoms in total. The minimum atomic E-state index is 0.0565. The highest BCUT2D eigenvalue weighted by Gasteiger charge is 2.25.